The van der Waals surface area contributed by atoms with Crippen molar-refractivity contribution in [2.75, 3.05) is 21.3 Å². The Morgan fingerprint density at radius 3 is 2.25 bits per heavy atom. The molecule has 0 radical (unpaired) electrons. The fraction of sp³-hybridized carbons (Fsp3) is 0.222. The molecule has 3 aromatic rings. The third kappa shape index (κ3) is 3.03. The summed E-state index contributed by atoms with van der Waals surface area (Å²) in [5, 5.41) is 0.464. The Labute approximate surface area is 139 Å². The van der Waals surface area contributed by atoms with Crippen LogP contribution in [0.1, 0.15) is 11.4 Å². The molecule has 0 spiro atoms. The van der Waals surface area contributed by atoms with Crippen molar-refractivity contribution in [3.05, 3.63) is 58.1 Å². The molecular formula is C18H18N2O4. The van der Waals surface area contributed by atoms with E-state index in [9.17, 15) is 4.79 Å². The Hall–Kier alpha value is -3.02. The Kier molecular flexibility index (Phi) is 4.37. The first-order valence-electron chi connectivity index (χ1n) is 7.42. The van der Waals surface area contributed by atoms with Gasteiger partial charge in [-0.25, -0.2) is 4.98 Å². The van der Waals surface area contributed by atoms with Gasteiger partial charge in [0.1, 0.15) is 11.6 Å². The molecular weight excluding hydrogens is 308 g/mol. The normalized spacial score (nSPS) is 10.6. The van der Waals surface area contributed by atoms with Crippen LogP contribution in [0.2, 0.25) is 0 Å². The van der Waals surface area contributed by atoms with Gasteiger partial charge in [-0.1, -0.05) is 12.1 Å². The summed E-state index contributed by atoms with van der Waals surface area (Å²) < 4.78 is 15.7. The van der Waals surface area contributed by atoms with E-state index in [0.717, 1.165) is 11.3 Å². The number of aromatic amines is 1. The number of H-pyrrole nitrogens is 1. The van der Waals surface area contributed by atoms with Crippen molar-refractivity contribution < 1.29 is 14.2 Å². The minimum Gasteiger partial charge on any atom is -0.497 e. The molecule has 0 fully saturated rings. The van der Waals surface area contributed by atoms with Gasteiger partial charge in [0, 0.05) is 12.5 Å². The zero-order chi connectivity index (χ0) is 17.1. The highest BCUT2D eigenvalue weighted by Crippen LogP contribution is 2.30. The Bertz CT molecular complexity index is 917. The monoisotopic (exact) mass is 326 g/mol. The van der Waals surface area contributed by atoms with Gasteiger partial charge in [-0.3, -0.25) is 4.79 Å². The molecule has 1 N–H and O–H groups in total. The van der Waals surface area contributed by atoms with Gasteiger partial charge < -0.3 is 19.2 Å². The van der Waals surface area contributed by atoms with Gasteiger partial charge in [0.15, 0.2) is 11.5 Å². The molecule has 0 bridgehead atoms. The van der Waals surface area contributed by atoms with Crippen LogP contribution in [0, 0.1) is 0 Å². The molecule has 0 amide bonds. The van der Waals surface area contributed by atoms with Crippen molar-refractivity contribution in [3.63, 3.8) is 0 Å². The minimum atomic E-state index is -0.204. The standard InChI is InChI=1S/C18H18N2O4/c1-22-12-6-4-11(5-7-12)8-17-19-14-10-16(24-3)15(23-2)9-13(14)18(21)20-17/h4-7,9-10H,8H2,1-3H3,(H,19,20,21). The molecule has 0 atom stereocenters. The molecule has 6 heteroatoms. The first-order chi connectivity index (χ1) is 11.6. The molecule has 124 valence electrons. The number of methoxy groups -OCH3 is 3. The number of rotatable bonds is 5. The van der Waals surface area contributed by atoms with E-state index in [1.165, 1.54) is 7.11 Å². The predicted octanol–water partition coefficient (Wildman–Crippen LogP) is 2.54. The predicted molar refractivity (Wildman–Crippen MR) is 91.3 cm³/mol. The molecule has 0 saturated heterocycles. The third-order valence-electron chi connectivity index (χ3n) is 3.79. The van der Waals surface area contributed by atoms with Crippen molar-refractivity contribution in [1.82, 2.24) is 9.97 Å². The van der Waals surface area contributed by atoms with E-state index < -0.39 is 0 Å². The maximum absolute atomic E-state index is 12.3. The quantitative estimate of drug-likeness (QED) is 0.780. The number of nitrogens with one attached hydrogen (secondary N) is 1. The van der Waals surface area contributed by atoms with Crippen molar-refractivity contribution in [2.24, 2.45) is 0 Å². The fourth-order valence-electron chi connectivity index (χ4n) is 2.53. The summed E-state index contributed by atoms with van der Waals surface area (Å²) in [6, 6.07) is 11.0. The highest BCUT2D eigenvalue weighted by atomic mass is 16.5. The van der Waals surface area contributed by atoms with E-state index >= 15 is 0 Å². The fourth-order valence-corrected chi connectivity index (χ4v) is 2.53. The average molecular weight is 326 g/mol. The van der Waals surface area contributed by atoms with E-state index in [0.29, 0.717) is 34.6 Å². The maximum atomic E-state index is 12.3. The van der Waals surface area contributed by atoms with Crippen LogP contribution in [0.5, 0.6) is 17.2 Å². The smallest absolute Gasteiger partial charge is 0.258 e. The first kappa shape index (κ1) is 15.9. The number of hydrogen-bond acceptors (Lipinski definition) is 5. The van der Waals surface area contributed by atoms with E-state index in [2.05, 4.69) is 9.97 Å². The summed E-state index contributed by atoms with van der Waals surface area (Å²) in [5.41, 5.74) is 1.39. The highest BCUT2D eigenvalue weighted by molar-refractivity contribution is 5.81. The van der Waals surface area contributed by atoms with Crippen LogP contribution in [0.25, 0.3) is 10.9 Å². The van der Waals surface area contributed by atoms with Gasteiger partial charge >= 0.3 is 0 Å². The summed E-state index contributed by atoms with van der Waals surface area (Å²) in [7, 11) is 4.71. The second-order valence-corrected chi connectivity index (χ2v) is 5.26. The van der Waals surface area contributed by atoms with Gasteiger partial charge in [0.05, 0.1) is 32.2 Å². The number of nitrogens with zero attached hydrogens (tertiary/aromatic N) is 1. The van der Waals surface area contributed by atoms with Crippen molar-refractivity contribution in [2.45, 2.75) is 6.42 Å². The second-order valence-electron chi connectivity index (χ2n) is 5.26. The van der Waals surface area contributed by atoms with Gasteiger partial charge in [-0.15, -0.1) is 0 Å². The SMILES string of the molecule is COc1ccc(Cc2nc3cc(OC)c(OC)cc3c(=O)[nH]2)cc1. The first-order valence-corrected chi connectivity index (χ1v) is 7.42. The van der Waals surface area contributed by atoms with Gasteiger partial charge in [-0.2, -0.15) is 0 Å². The Morgan fingerprint density at radius 2 is 1.62 bits per heavy atom. The number of ether oxygens (including phenoxy) is 3. The summed E-state index contributed by atoms with van der Waals surface area (Å²) in [6.07, 6.45) is 0.517. The molecule has 6 nitrogen and oxygen atoms in total. The van der Waals surface area contributed by atoms with Crippen LogP contribution < -0.4 is 19.8 Å². The van der Waals surface area contributed by atoms with Crippen LogP contribution in [0.3, 0.4) is 0 Å². The number of fused-ring (bicyclic) bond motifs is 1. The van der Waals surface area contributed by atoms with Crippen molar-refractivity contribution >= 4 is 10.9 Å². The van der Waals surface area contributed by atoms with E-state index in [1.807, 2.05) is 24.3 Å². The summed E-state index contributed by atoms with van der Waals surface area (Å²) in [5.74, 6) is 2.42. The lowest BCUT2D eigenvalue weighted by Crippen LogP contribution is -2.12. The Balaban J connectivity index is 2.01. The number of benzene rings is 2. The number of aromatic nitrogens is 2. The maximum Gasteiger partial charge on any atom is 0.258 e. The topological polar surface area (TPSA) is 73.4 Å². The Morgan fingerprint density at radius 1 is 0.958 bits per heavy atom. The average Bonchev–Trinajstić information content (AvgIpc) is 2.61. The molecule has 24 heavy (non-hydrogen) atoms. The summed E-state index contributed by atoms with van der Waals surface area (Å²) in [4.78, 5) is 19.7. The van der Waals surface area contributed by atoms with Crippen LogP contribution in [0.15, 0.2) is 41.2 Å². The molecule has 0 aliphatic carbocycles. The molecule has 2 aromatic carbocycles. The van der Waals surface area contributed by atoms with Crippen molar-refractivity contribution in [3.8, 4) is 17.2 Å². The van der Waals surface area contributed by atoms with Crippen LogP contribution >= 0.6 is 0 Å². The van der Waals surface area contributed by atoms with Crippen molar-refractivity contribution in [1.29, 1.82) is 0 Å². The molecule has 1 heterocycles. The summed E-state index contributed by atoms with van der Waals surface area (Å²) in [6.45, 7) is 0. The van der Waals surface area contributed by atoms with Crippen LogP contribution in [-0.4, -0.2) is 31.3 Å². The molecule has 0 aliphatic heterocycles. The molecule has 3 rings (SSSR count). The van der Waals surface area contributed by atoms with E-state index in [4.69, 9.17) is 14.2 Å². The lowest BCUT2D eigenvalue weighted by Gasteiger charge is -2.09. The van der Waals surface area contributed by atoms with Gasteiger partial charge in [0.2, 0.25) is 0 Å². The highest BCUT2D eigenvalue weighted by Gasteiger charge is 2.11. The zero-order valence-electron chi connectivity index (χ0n) is 13.8. The molecule has 0 aliphatic rings. The largest absolute Gasteiger partial charge is 0.497 e. The molecule has 0 saturated carbocycles. The van der Waals surface area contributed by atoms with Gasteiger partial charge in [-0.05, 0) is 23.8 Å². The van der Waals surface area contributed by atoms with Crippen LogP contribution in [-0.2, 0) is 6.42 Å². The minimum absolute atomic E-state index is 0.204. The molecule has 0 unspecified atom stereocenters. The lowest BCUT2D eigenvalue weighted by molar-refractivity contribution is 0.355. The molecule has 1 aromatic heterocycles. The lowest BCUT2D eigenvalue weighted by atomic mass is 10.1. The summed E-state index contributed by atoms with van der Waals surface area (Å²) >= 11 is 0. The second kappa shape index (κ2) is 6.62. The number of hydrogen-bond donors (Lipinski definition) is 1. The van der Waals surface area contributed by atoms with E-state index in [-0.39, 0.29) is 5.56 Å². The van der Waals surface area contributed by atoms with E-state index in [1.54, 1.807) is 26.4 Å². The third-order valence-corrected chi connectivity index (χ3v) is 3.79. The van der Waals surface area contributed by atoms with Gasteiger partial charge in [0.25, 0.3) is 5.56 Å². The van der Waals surface area contributed by atoms with Crippen LogP contribution in [0.4, 0.5) is 0 Å². The zero-order valence-corrected chi connectivity index (χ0v) is 13.8.